The van der Waals surface area contributed by atoms with Gasteiger partial charge in [-0.05, 0) is 25.3 Å². The normalized spacial score (nSPS) is 16.8. The molecular formula is C12H13F3N2O2. The Morgan fingerprint density at radius 2 is 2.00 bits per heavy atom. The number of hydrogen-bond acceptors (Lipinski definition) is 3. The summed E-state index contributed by atoms with van der Waals surface area (Å²) in [6, 6.07) is 0.406. The molecule has 0 aromatic heterocycles. The largest absolute Gasteiger partial charge is 0.503 e. The van der Waals surface area contributed by atoms with E-state index in [2.05, 4.69) is 5.32 Å². The van der Waals surface area contributed by atoms with Gasteiger partial charge in [0.05, 0.1) is 5.56 Å². The fraction of sp³-hybridized carbons (Fsp3) is 0.417. The molecule has 1 aromatic rings. The predicted molar refractivity (Wildman–Crippen MR) is 61.1 cm³/mol. The van der Waals surface area contributed by atoms with Crippen LogP contribution < -0.4 is 11.1 Å². The topological polar surface area (TPSA) is 75.3 Å². The Balaban J connectivity index is 2.15. The van der Waals surface area contributed by atoms with Gasteiger partial charge in [-0.1, -0.05) is 0 Å². The summed E-state index contributed by atoms with van der Waals surface area (Å²) in [7, 11) is 0. The van der Waals surface area contributed by atoms with E-state index in [1.165, 1.54) is 0 Å². The predicted octanol–water partition coefficient (Wildman–Crippen LogP) is 1.42. The molecule has 1 fully saturated rings. The van der Waals surface area contributed by atoms with Crippen LogP contribution in [0.25, 0.3) is 0 Å². The Bertz CT molecular complexity index is 530. The molecule has 1 aliphatic carbocycles. The number of carbonyl (C=O) groups excluding carboxylic acids is 1. The smallest absolute Gasteiger partial charge is 0.254 e. The molecule has 1 saturated carbocycles. The summed E-state index contributed by atoms with van der Waals surface area (Å²) < 4.78 is 39.3. The van der Waals surface area contributed by atoms with Crippen LogP contribution in [-0.2, 0) is 0 Å². The van der Waals surface area contributed by atoms with E-state index in [-0.39, 0.29) is 6.54 Å². The molecule has 1 aliphatic rings. The first kappa shape index (κ1) is 13.7. The van der Waals surface area contributed by atoms with Crippen molar-refractivity contribution >= 4 is 5.91 Å². The maximum Gasteiger partial charge on any atom is 0.254 e. The van der Waals surface area contributed by atoms with Crippen LogP contribution in [0.15, 0.2) is 6.07 Å². The highest BCUT2D eigenvalue weighted by molar-refractivity contribution is 5.95. The van der Waals surface area contributed by atoms with Crippen LogP contribution >= 0.6 is 0 Å². The number of hydrogen-bond donors (Lipinski definition) is 3. The average Bonchev–Trinajstić information content (AvgIpc) is 2.35. The maximum atomic E-state index is 13.5. The Hall–Kier alpha value is -1.76. The Morgan fingerprint density at radius 3 is 2.53 bits per heavy atom. The zero-order valence-electron chi connectivity index (χ0n) is 9.97. The van der Waals surface area contributed by atoms with Crippen molar-refractivity contribution < 1.29 is 23.1 Å². The van der Waals surface area contributed by atoms with Crippen molar-refractivity contribution in [2.75, 3.05) is 6.54 Å². The first-order valence-corrected chi connectivity index (χ1v) is 5.77. The lowest BCUT2D eigenvalue weighted by Crippen LogP contribution is -2.55. The van der Waals surface area contributed by atoms with Crippen LogP contribution in [0, 0.1) is 17.5 Å². The number of phenols is 1. The summed E-state index contributed by atoms with van der Waals surface area (Å²) in [5.41, 5.74) is 4.59. The van der Waals surface area contributed by atoms with Gasteiger partial charge in [-0.15, -0.1) is 0 Å². The number of nitrogens with one attached hydrogen (secondary N) is 1. The lowest BCUT2D eigenvalue weighted by Gasteiger charge is -2.38. The Kier molecular flexibility index (Phi) is 3.40. The van der Waals surface area contributed by atoms with E-state index in [1.807, 2.05) is 0 Å². The third-order valence-corrected chi connectivity index (χ3v) is 3.33. The zero-order valence-corrected chi connectivity index (χ0v) is 9.97. The summed E-state index contributed by atoms with van der Waals surface area (Å²) in [5, 5.41) is 11.4. The van der Waals surface area contributed by atoms with Gasteiger partial charge in [0.25, 0.3) is 5.91 Å². The number of benzene rings is 1. The molecule has 0 saturated heterocycles. The summed E-state index contributed by atoms with van der Waals surface area (Å²) in [6.45, 7) is 0.116. The minimum absolute atomic E-state index is 0.116. The molecular weight excluding hydrogens is 261 g/mol. The van der Waals surface area contributed by atoms with Crippen molar-refractivity contribution in [3.8, 4) is 5.75 Å². The molecule has 0 unspecified atom stereocenters. The molecule has 4 nitrogen and oxygen atoms in total. The molecule has 2 rings (SSSR count). The molecule has 7 heteroatoms. The Morgan fingerprint density at radius 1 is 1.37 bits per heavy atom. The number of nitrogens with two attached hydrogens (primary N) is 1. The minimum atomic E-state index is -1.72. The molecule has 1 aromatic carbocycles. The van der Waals surface area contributed by atoms with Crippen molar-refractivity contribution in [1.29, 1.82) is 0 Å². The van der Waals surface area contributed by atoms with Gasteiger partial charge in [-0.3, -0.25) is 4.79 Å². The third-order valence-electron chi connectivity index (χ3n) is 3.33. The van der Waals surface area contributed by atoms with Gasteiger partial charge in [-0.2, -0.15) is 4.39 Å². The van der Waals surface area contributed by atoms with Crippen LogP contribution in [0.1, 0.15) is 29.6 Å². The van der Waals surface area contributed by atoms with Crippen LogP contribution in [0.5, 0.6) is 5.75 Å². The molecule has 0 aliphatic heterocycles. The summed E-state index contributed by atoms with van der Waals surface area (Å²) in [5.74, 6) is -7.14. The van der Waals surface area contributed by atoms with Crippen molar-refractivity contribution in [3.63, 3.8) is 0 Å². The van der Waals surface area contributed by atoms with E-state index >= 15 is 0 Å². The molecule has 4 N–H and O–H groups in total. The highest BCUT2D eigenvalue weighted by Crippen LogP contribution is 2.29. The summed E-state index contributed by atoms with van der Waals surface area (Å²) in [4.78, 5) is 11.7. The minimum Gasteiger partial charge on any atom is -0.503 e. The maximum absolute atomic E-state index is 13.5. The molecule has 0 radical (unpaired) electrons. The average molecular weight is 274 g/mol. The van der Waals surface area contributed by atoms with Gasteiger partial charge < -0.3 is 16.2 Å². The zero-order chi connectivity index (χ0) is 14.2. The van der Waals surface area contributed by atoms with E-state index < -0.39 is 40.2 Å². The fourth-order valence-electron chi connectivity index (χ4n) is 1.91. The molecule has 0 bridgehead atoms. The number of halogens is 3. The lowest BCUT2D eigenvalue weighted by molar-refractivity contribution is 0.0924. The van der Waals surface area contributed by atoms with Crippen molar-refractivity contribution in [3.05, 3.63) is 29.1 Å². The van der Waals surface area contributed by atoms with Crippen molar-refractivity contribution in [2.24, 2.45) is 5.73 Å². The number of carbonyl (C=O) groups is 1. The van der Waals surface area contributed by atoms with Gasteiger partial charge in [0.2, 0.25) is 5.82 Å². The molecule has 19 heavy (non-hydrogen) atoms. The fourth-order valence-corrected chi connectivity index (χ4v) is 1.91. The van der Waals surface area contributed by atoms with Gasteiger partial charge in [-0.25, -0.2) is 8.78 Å². The lowest BCUT2D eigenvalue weighted by atomic mass is 9.78. The molecule has 1 amide bonds. The molecule has 104 valence electrons. The first-order chi connectivity index (χ1) is 8.84. The highest BCUT2D eigenvalue weighted by Gasteiger charge is 2.33. The number of phenolic OH excluding ortho intramolecular Hbond substituents is 1. The standard InChI is InChI=1S/C12H13F3N2O2/c13-7-4-6(8(14)10(18)9(7)15)11(19)17-5-12(16)2-1-3-12/h4,18H,1-3,5,16H2,(H,17,19). The van der Waals surface area contributed by atoms with Crippen LogP contribution in [0.2, 0.25) is 0 Å². The molecule has 0 heterocycles. The van der Waals surface area contributed by atoms with E-state index in [0.717, 1.165) is 19.3 Å². The number of aromatic hydroxyl groups is 1. The van der Waals surface area contributed by atoms with Gasteiger partial charge in [0.1, 0.15) is 0 Å². The van der Waals surface area contributed by atoms with Gasteiger partial charge >= 0.3 is 0 Å². The van der Waals surface area contributed by atoms with Gasteiger partial charge in [0.15, 0.2) is 17.4 Å². The second-order valence-corrected chi connectivity index (χ2v) is 4.78. The summed E-state index contributed by atoms with van der Waals surface area (Å²) >= 11 is 0. The van der Waals surface area contributed by atoms with Crippen LogP contribution in [0.4, 0.5) is 13.2 Å². The first-order valence-electron chi connectivity index (χ1n) is 5.77. The van der Waals surface area contributed by atoms with E-state index in [4.69, 9.17) is 10.8 Å². The molecule has 0 spiro atoms. The van der Waals surface area contributed by atoms with E-state index in [1.54, 1.807) is 0 Å². The quantitative estimate of drug-likeness (QED) is 0.730. The number of rotatable bonds is 3. The SMILES string of the molecule is NC1(CNC(=O)c2cc(F)c(F)c(O)c2F)CCC1. The van der Waals surface area contributed by atoms with Crippen molar-refractivity contribution in [1.82, 2.24) is 5.32 Å². The second-order valence-electron chi connectivity index (χ2n) is 4.78. The van der Waals surface area contributed by atoms with Crippen LogP contribution in [0.3, 0.4) is 0 Å². The Labute approximate surface area is 107 Å². The van der Waals surface area contributed by atoms with Crippen LogP contribution in [-0.4, -0.2) is 23.1 Å². The molecule has 0 atom stereocenters. The van der Waals surface area contributed by atoms with E-state index in [0.29, 0.717) is 6.07 Å². The van der Waals surface area contributed by atoms with Gasteiger partial charge in [0, 0.05) is 12.1 Å². The monoisotopic (exact) mass is 274 g/mol. The summed E-state index contributed by atoms with van der Waals surface area (Å²) in [6.07, 6.45) is 2.42. The number of amides is 1. The second kappa shape index (κ2) is 4.73. The van der Waals surface area contributed by atoms with Crippen molar-refractivity contribution in [2.45, 2.75) is 24.8 Å². The van der Waals surface area contributed by atoms with E-state index in [9.17, 15) is 18.0 Å². The third kappa shape index (κ3) is 2.51. The highest BCUT2D eigenvalue weighted by atomic mass is 19.2.